The zero-order valence-corrected chi connectivity index (χ0v) is 16.7. The quantitative estimate of drug-likeness (QED) is 0.368. The second-order valence-electron chi connectivity index (χ2n) is 5.79. The lowest BCUT2D eigenvalue weighted by molar-refractivity contribution is 0.0493. The maximum Gasteiger partial charge on any atom is 0.361 e. The molecule has 140 valence electrons. The van der Waals surface area contributed by atoms with E-state index in [1.807, 2.05) is 6.92 Å². The van der Waals surface area contributed by atoms with E-state index in [1.54, 1.807) is 42.5 Å². The molecule has 0 unspecified atom stereocenters. The highest BCUT2D eigenvalue weighted by Gasteiger charge is 2.24. The van der Waals surface area contributed by atoms with Crippen LogP contribution in [0.4, 0.5) is 0 Å². The summed E-state index contributed by atoms with van der Waals surface area (Å²) >= 11 is 18.3. The van der Waals surface area contributed by atoms with Crippen molar-refractivity contribution in [3.8, 4) is 16.9 Å². The van der Waals surface area contributed by atoms with Crippen molar-refractivity contribution in [2.45, 2.75) is 19.8 Å². The molecular weight excluding hydrogens is 409 g/mol. The topological polar surface area (TPSA) is 57.0 Å². The van der Waals surface area contributed by atoms with Crippen molar-refractivity contribution in [3.05, 3.63) is 63.2 Å². The van der Waals surface area contributed by atoms with Crippen LogP contribution in [0.2, 0.25) is 15.1 Å². The van der Waals surface area contributed by atoms with E-state index < -0.39 is 5.97 Å². The molecule has 8 heteroatoms. The molecule has 0 amide bonds. The normalized spacial score (nSPS) is 10.8. The summed E-state index contributed by atoms with van der Waals surface area (Å²) in [6, 6.07) is 12.0. The maximum absolute atomic E-state index is 12.5. The molecule has 5 nitrogen and oxygen atoms in total. The third kappa shape index (κ3) is 4.43. The van der Waals surface area contributed by atoms with Crippen LogP contribution in [0.1, 0.15) is 30.3 Å². The van der Waals surface area contributed by atoms with E-state index in [0.29, 0.717) is 38.6 Å². The Bertz CT molecular complexity index is 955. The molecule has 2 aromatic carbocycles. The van der Waals surface area contributed by atoms with Crippen molar-refractivity contribution < 1.29 is 9.53 Å². The highest BCUT2D eigenvalue weighted by Crippen LogP contribution is 2.31. The molecule has 3 rings (SSSR count). The van der Waals surface area contributed by atoms with Crippen molar-refractivity contribution in [2.75, 3.05) is 6.61 Å². The maximum atomic E-state index is 12.5. The summed E-state index contributed by atoms with van der Waals surface area (Å²) in [7, 11) is 0. The van der Waals surface area contributed by atoms with E-state index >= 15 is 0 Å². The molecule has 3 aromatic rings. The molecule has 0 radical (unpaired) electrons. The van der Waals surface area contributed by atoms with Crippen LogP contribution >= 0.6 is 34.8 Å². The van der Waals surface area contributed by atoms with Crippen molar-refractivity contribution >= 4 is 40.8 Å². The monoisotopic (exact) mass is 423 g/mol. The van der Waals surface area contributed by atoms with Gasteiger partial charge in [-0.1, -0.05) is 65.5 Å². The average Bonchev–Trinajstić information content (AvgIpc) is 3.07. The first-order valence-electron chi connectivity index (χ1n) is 8.35. The summed E-state index contributed by atoms with van der Waals surface area (Å²) in [6.45, 7) is 2.34. The van der Waals surface area contributed by atoms with Gasteiger partial charge in [0.15, 0.2) is 5.69 Å². The van der Waals surface area contributed by atoms with Crippen LogP contribution in [-0.2, 0) is 4.74 Å². The van der Waals surface area contributed by atoms with Gasteiger partial charge in [-0.25, -0.2) is 9.48 Å². The highest BCUT2D eigenvalue weighted by molar-refractivity contribution is 6.35. The Morgan fingerprint density at radius 3 is 2.44 bits per heavy atom. The molecule has 0 spiro atoms. The Labute approximate surface area is 171 Å². The Balaban J connectivity index is 2.11. The van der Waals surface area contributed by atoms with Gasteiger partial charge in [0.05, 0.1) is 17.3 Å². The number of aromatic nitrogens is 3. The summed E-state index contributed by atoms with van der Waals surface area (Å²) in [5, 5.41) is 9.64. The molecule has 1 aromatic heterocycles. The van der Waals surface area contributed by atoms with Crippen LogP contribution in [-0.4, -0.2) is 27.6 Å². The lowest BCUT2D eigenvalue weighted by Crippen LogP contribution is -2.09. The molecule has 0 saturated carbocycles. The molecular formula is C19H16Cl3N3O2. The third-order valence-corrected chi connectivity index (χ3v) is 4.64. The molecule has 1 heterocycles. The second-order valence-corrected chi connectivity index (χ2v) is 7.07. The zero-order chi connectivity index (χ0) is 19.4. The van der Waals surface area contributed by atoms with Crippen LogP contribution < -0.4 is 0 Å². The first-order valence-corrected chi connectivity index (χ1v) is 9.49. The summed E-state index contributed by atoms with van der Waals surface area (Å²) in [6.07, 6.45) is 1.70. The van der Waals surface area contributed by atoms with Crippen LogP contribution in [0, 0.1) is 0 Å². The number of hydrogen-bond donors (Lipinski definition) is 0. The molecule has 0 atom stereocenters. The number of carbonyl (C=O) groups excluding carboxylic acids is 1. The Hall–Kier alpha value is -2.08. The summed E-state index contributed by atoms with van der Waals surface area (Å²) in [5.74, 6) is -0.537. The molecule has 0 aliphatic rings. The fraction of sp³-hybridized carbons (Fsp3) is 0.211. The van der Waals surface area contributed by atoms with Crippen LogP contribution in [0.15, 0.2) is 42.5 Å². The molecule has 27 heavy (non-hydrogen) atoms. The third-order valence-electron chi connectivity index (χ3n) is 3.85. The van der Waals surface area contributed by atoms with Crippen molar-refractivity contribution in [1.29, 1.82) is 0 Å². The molecule has 0 saturated heterocycles. The predicted octanol–water partition coefficient (Wildman–Crippen LogP) is 5.85. The molecule has 0 N–H and O–H groups in total. The standard InChI is InChI=1S/C19H16Cl3N3O2/c1-2-3-10-27-19(26)17-18(12-4-6-13(20)7-5-12)25(24-23-17)16-9-8-14(21)11-15(16)22/h4-9,11H,2-3,10H2,1H3. The number of rotatable bonds is 6. The van der Waals surface area contributed by atoms with Gasteiger partial charge in [-0.2, -0.15) is 0 Å². The van der Waals surface area contributed by atoms with Crippen molar-refractivity contribution in [2.24, 2.45) is 0 Å². The summed E-state index contributed by atoms with van der Waals surface area (Å²) < 4.78 is 6.82. The lowest BCUT2D eigenvalue weighted by Gasteiger charge is -2.10. The number of unbranched alkanes of at least 4 members (excludes halogenated alkanes) is 1. The van der Waals surface area contributed by atoms with Gasteiger partial charge in [0, 0.05) is 15.6 Å². The number of hydrogen-bond acceptors (Lipinski definition) is 4. The van der Waals surface area contributed by atoms with Crippen molar-refractivity contribution in [1.82, 2.24) is 15.0 Å². The highest BCUT2D eigenvalue weighted by atomic mass is 35.5. The predicted molar refractivity (Wildman–Crippen MR) is 107 cm³/mol. The second kappa shape index (κ2) is 8.74. The van der Waals surface area contributed by atoms with E-state index in [2.05, 4.69) is 10.3 Å². The molecule has 0 aliphatic heterocycles. The van der Waals surface area contributed by atoms with Gasteiger partial charge >= 0.3 is 5.97 Å². The van der Waals surface area contributed by atoms with Crippen LogP contribution in [0.3, 0.4) is 0 Å². The minimum Gasteiger partial charge on any atom is -0.461 e. The number of carbonyl (C=O) groups is 1. The van der Waals surface area contributed by atoms with Gasteiger partial charge in [0.1, 0.15) is 5.69 Å². The SMILES string of the molecule is CCCCOC(=O)c1nnn(-c2ccc(Cl)cc2Cl)c1-c1ccc(Cl)cc1. The average molecular weight is 425 g/mol. The molecule has 0 bridgehead atoms. The summed E-state index contributed by atoms with van der Waals surface area (Å²) in [4.78, 5) is 12.5. The lowest BCUT2D eigenvalue weighted by atomic mass is 10.1. The van der Waals surface area contributed by atoms with Crippen molar-refractivity contribution in [3.63, 3.8) is 0 Å². The number of ether oxygens (including phenoxy) is 1. The van der Waals surface area contributed by atoms with Gasteiger partial charge in [-0.05, 0) is 36.8 Å². The largest absolute Gasteiger partial charge is 0.461 e. The molecule has 0 fully saturated rings. The van der Waals surface area contributed by atoms with E-state index in [1.165, 1.54) is 4.68 Å². The number of halogens is 3. The van der Waals surface area contributed by atoms with Crippen LogP contribution in [0.5, 0.6) is 0 Å². The summed E-state index contributed by atoms with van der Waals surface area (Å²) in [5.41, 5.74) is 1.83. The zero-order valence-electron chi connectivity index (χ0n) is 14.5. The van der Waals surface area contributed by atoms with E-state index in [9.17, 15) is 4.79 Å². The first kappa shape index (κ1) is 19.7. The van der Waals surface area contributed by atoms with E-state index in [-0.39, 0.29) is 5.69 Å². The van der Waals surface area contributed by atoms with Gasteiger partial charge < -0.3 is 4.74 Å². The van der Waals surface area contributed by atoms with Gasteiger partial charge in [0.25, 0.3) is 0 Å². The Morgan fingerprint density at radius 2 is 1.78 bits per heavy atom. The minimum atomic E-state index is -0.537. The Morgan fingerprint density at radius 1 is 1.07 bits per heavy atom. The first-order chi connectivity index (χ1) is 13.0. The van der Waals surface area contributed by atoms with Gasteiger partial charge in [0.2, 0.25) is 0 Å². The number of nitrogens with zero attached hydrogens (tertiary/aromatic N) is 3. The fourth-order valence-corrected chi connectivity index (χ4v) is 3.10. The fourth-order valence-electron chi connectivity index (χ4n) is 2.49. The minimum absolute atomic E-state index is 0.111. The molecule has 0 aliphatic carbocycles. The smallest absolute Gasteiger partial charge is 0.361 e. The Kier molecular flexibility index (Phi) is 6.37. The van der Waals surface area contributed by atoms with E-state index in [4.69, 9.17) is 39.5 Å². The number of esters is 1. The van der Waals surface area contributed by atoms with Gasteiger partial charge in [-0.15, -0.1) is 5.10 Å². The van der Waals surface area contributed by atoms with E-state index in [0.717, 1.165) is 12.8 Å². The van der Waals surface area contributed by atoms with Gasteiger partial charge in [-0.3, -0.25) is 0 Å². The van der Waals surface area contributed by atoms with Crippen LogP contribution in [0.25, 0.3) is 16.9 Å². The number of benzene rings is 2.